The summed E-state index contributed by atoms with van der Waals surface area (Å²) in [6, 6.07) is 11.6. The maximum Gasteiger partial charge on any atom is 0.164 e. The van der Waals surface area contributed by atoms with E-state index in [1.807, 2.05) is 59.9 Å². The maximum atomic E-state index is 11.5. The number of aliphatic hydroxyl groups is 1. The molecule has 0 atom stereocenters. The largest absolute Gasteiger partial charge is 0.512 e. The molecule has 1 aromatic carbocycles. The molecular formula is C28H36IrNO3-. The third-order valence-electron chi connectivity index (χ3n) is 5.08. The maximum absolute atomic E-state index is 11.5. The van der Waals surface area contributed by atoms with Gasteiger partial charge in [-0.1, -0.05) is 62.3 Å². The standard InChI is InChI=1S/C17H16NO.C11H20O2.Ir/c1-11(2)14-6-12(3)7-15(8-14)16-9-17-13(10-18-16)4-5-19-17;1-10(2,3)8(12)7-9(13)11(4,5)6;/h4-6,8-11H,1-3H3;7,12H,1-6H3;/q-1;;/b;8-7-;. The van der Waals surface area contributed by atoms with Crippen molar-refractivity contribution >= 4 is 16.8 Å². The first kappa shape index (κ1) is 28.8. The van der Waals surface area contributed by atoms with Crippen LogP contribution in [0.5, 0.6) is 0 Å². The summed E-state index contributed by atoms with van der Waals surface area (Å²) in [4.78, 5) is 16.0. The minimum Gasteiger partial charge on any atom is -0.512 e. The predicted molar refractivity (Wildman–Crippen MR) is 132 cm³/mol. The number of aryl methyl sites for hydroxylation is 1. The van der Waals surface area contributed by atoms with Crippen LogP contribution in [0.15, 0.2) is 53.0 Å². The second-order valence-corrected chi connectivity index (χ2v) is 10.6. The minimum absolute atomic E-state index is 0. The molecule has 0 bridgehead atoms. The Balaban J connectivity index is 0.000000346. The molecule has 0 fully saturated rings. The summed E-state index contributed by atoms with van der Waals surface area (Å²) >= 11 is 0. The van der Waals surface area contributed by atoms with Crippen molar-refractivity contribution in [1.29, 1.82) is 0 Å². The topological polar surface area (TPSA) is 63.3 Å². The molecule has 2 aromatic heterocycles. The van der Waals surface area contributed by atoms with E-state index in [2.05, 4.69) is 44.0 Å². The summed E-state index contributed by atoms with van der Waals surface area (Å²) in [5.74, 6) is 0.603. The molecule has 0 saturated carbocycles. The molecule has 1 radical (unpaired) electrons. The number of fused-ring (bicyclic) bond motifs is 1. The van der Waals surface area contributed by atoms with E-state index < -0.39 is 5.41 Å². The number of rotatable bonds is 3. The van der Waals surface area contributed by atoms with Gasteiger partial charge in [0.25, 0.3) is 0 Å². The number of nitrogens with zero attached hydrogens (tertiary/aromatic N) is 1. The molecule has 3 rings (SSSR count). The number of aliphatic hydroxyl groups excluding tert-OH is 1. The van der Waals surface area contributed by atoms with Crippen molar-refractivity contribution in [3.63, 3.8) is 0 Å². The van der Waals surface area contributed by atoms with Crippen LogP contribution in [0, 0.1) is 23.8 Å². The van der Waals surface area contributed by atoms with Crippen LogP contribution in [0.2, 0.25) is 0 Å². The van der Waals surface area contributed by atoms with Gasteiger partial charge >= 0.3 is 0 Å². The van der Waals surface area contributed by atoms with E-state index in [1.54, 1.807) is 6.26 Å². The number of aromatic nitrogens is 1. The summed E-state index contributed by atoms with van der Waals surface area (Å²) in [7, 11) is 0. The van der Waals surface area contributed by atoms with Crippen molar-refractivity contribution in [3.8, 4) is 11.3 Å². The normalized spacial score (nSPS) is 12.2. The van der Waals surface area contributed by atoms with Crippen molar-refractivity contribution in [2.75, 3.05) is 0 Å². The van der Waals surface area contributed by atoms with Crippen molar-refractivity contribution < 1.29 is 34.4 Å². The first-order valence-electron chi connectivity index (χ1n) is 11.0. The summed E-state index contributed by atoms with van der Waals surface area (Å²) in [5.41, 5.74) is 4.50. The average molecular weight is 627 g/mol. The van der Waals surface area contributed by atoms with Crippen molar-refractivity contribution in [1.82, 2.24) is 4.98 Å². The van der Waals surface area contributed by atoms with Crippen LogP contribution in [0.25, 0.3) is 22.2 Å². The quantitative estimate of drug-likeness (QED) is 0.183. The molecule has 0 aliphatic rings. The molecule has 5 heteroatoms. The third kappa shape index (κ3) is 8.24. The number of benzene rings is 1. The Morgan fingerprint density at radius 3 is 2.27 bits per heavy atom. The number of hydrogen-bond acceptors (Lipinski definition) is 4. The second kappa shape index (κ2) is 11.3. The Kier molecular flexibility index (Phi) is 9.83. The molecule has 0 amide bonds. The van der Waals surface area contributed by atoms with E-state index in [1.165, 1.54) is 11.6 Å². The van der Waals surface area contributed by atoms with Gasteiger partial charge in [-0.05, 0) is 23.7 Å². The van der Waals surface area contributed by atoms with Gasteiger partial charge in [0.2, 0.25) is 0 Å². The monoisotopic (exact) mass is 627 g/mol. The summed E-state index contributed by atoms with van der Waals surface area (Å²) < 4.78 is 5.43. The van der Waals surface area contributed by atoms with Crippen molar-refractivity contribution in [2.24, 2.45) is 10.8 Å². The summed E-state index contributed by atoms with van der Waals surface area (Å²) in [5, 5.41) is 10.6. The second-order valence-electron chi connectivity index (χ2n) is 10.6. The Morgan fingerprint density at radius 2 is 1.73 bits per heavy atom. The van der Waals surface area contributed by atoms with E-state index in [9.17, 15) is 9.90 Å². The molecule has 0 unspecified atom stereocenters. The zero-order chi connectivity index (χ0) is 24.3. The van der Waals surface area contributed by atoms with E-state index in [-0.39, 0.29) is 37.1 Å². The van der Waals surface area contributed by atoms with E-state index in [0.29, 0.717) is 5.92 Å². The van der Waals surface area contributed by atoms with Gasteiger partial charge in [0.1, 0.15) is 11.3 Å². The molecule has 3 aromatic rings. The molecule has 1 N–H and O–H groups in total. The van der Waals surface area contributed by atoms with Gasteiger partial charge in [-0.15, -0.1) is 34.9 Å². The van der Waals surface area contributed by atoms with E-state index >= 15 is 0 Å². The van der Waals surface area contributed by atoms with Gasteiger partial charge in [-0.25, -0.2) is 0 Å². The number of hydrogen-bond donors (Lipinski definition) is 1. The van der Waals surface area contributed by atoms with Gasteiger partial charge in [-0.3, -0.25) is 4.79 Å². The van der Waals surface area contributed by atoms with Gasteiger partial charge < -0.3 is 14.5 Å². The molecule has 4 nitrogen and oxygen atoms in total. The Labute approximate surface area is 211 Å². The summed E-state index contributed by atoms with van der Waals surface area (Å²) in [6.07, 6.45) is 4.87. The smallest absolute Gasteiger partial charge is 0.164 e. The minimum atomic E-state index is -0.417. The Morgan fingerprint density at radius 1 is 1.09 bits per heavy atom. The predicted octanol–water partition coefficient (Wildman–Crippen LogP) is 7.81. The Hall–Kier alpha value is -2.23. The number of carbonyl (C=O) groups excluding carboxylic acids is 1. The van der Waals surface area contributed by atoms with Crippen LogP contribution in [0.1, 0.15) is 72.4 Å². The number of allylic oxidation sites excluding steroid dienone is 2. The van der Waals surface area contributed by atoms with Gasteiger partial charge in [-0.2, -0.15) is 0 Å². The number of furan rings is 1. The first-order chi connectivity index (χ1) is 14.7. The van der Waals surface area contributed by atoms with Gasteiger partial charge in [0, 0.05) is 48.6 Å². The van der Waals surface area contributed by atoms with E-state index in [0.717, 1.165) is 27.8 Å². The van der Waals surface area contributed by atoms with Crippen LogP contribution >= 0.6 is 0 Å². The molecule has 0 spiro atoms. The van der Waals surface area contributed by atoms with Crippen LogP contribution in [-0.2, 0) is 24.9 Å². The Bertz CT molecular complexity index is 1110. The third-order valence-corrected chi connectivity index (χ3v) is 5.08. The first-order valence-corrected chi connectivity index (χ1v) is 11.0. The zero-order valence-electron chi connectivity index (χ0n) is 21.2. The van der Waals surface area contributed by atoms with Crippen LogP contribution in [0.3, 0.4) is 0 Å². The molecule has 2 heterocycles. The fourth-order valence-corrected chi connectivity index (χ4v) is 2.77. The van der Waals surface area contributed by atoms with Crippen molar-refractivity contribution in [2.45, 2.75) is 68.2 Å². The van der Waals surface area contributed by atoms with E-state index in [4.69, 9.17) is 4.42 Å². The van der Waals surface area contributed by atoms with Crippen LogP contribution < -0.4 is 0 Å². The molecular weight excluding hydrogens is 591 g/mol. The summed E-state index contributed by atoms with van der Waals surface area (Å²) in [6.45, 7) is 17.6. The number of ketones is 1. The fourth-order valence-electron chi connectivity index (χ4n) is 2.77. The molecule has 181 valence electrons. The molecule has 0 aliphatic heterocycles. The molecule has 0 aliphatic carbocycles. The fraction of sp³-hybridized carbons (Fsp3) is 0.429. The van der Waals surface area contributed by atoms with Crippen molar-refractivity contribution in [3.05, 3.63) is 65.8 Å². The molecule has 0 saturated heterocycles. The van der Waals surface area contributed by atoms with Crippen LogP contribution in [-0.4, -0.2) is 15.9 Å². The zero-order valence-corrected chi connectivity index (χ0v) is 23.6. The van der Waals surface area contributed by atoms with Gasteiger partial charge in [0.05, 0.1) is 6.26 Å². The van der Waals surface area contributed by atoms with Crippen LogP contribution in [0.4, 0.5) is 0 Å². The number of pyridine rings is 1. The average Bonchev–Trinajstić information content (AvgIpc) is 3.14. The van der Waals surface area contributed by atoms with Gasteiger partial charge in [0.15, 0.2) is 5.78 Å². The molecule has 33 heavy (non-hydrogen) atoms. The SMILES string of the molecule is CC(C)(C)C(=O)/C=C(\O)C(C)(C)C.Cc1[c-]c(-c2cc3occc3cn2)cc(C(C)C)c1.[Ir]. The number of carbonyl (C=O) groups is 1.